The topological polar surface area (TPSA) is 55.6 Å². The van der Waals surface area contributed by atoms with Crippen molar-refractivity contribution in [2.45, 2.75) is 46.2 Å². The number of nitrogens with zero attached hydrogens (tertiary/aromatic N) is 3. The molecule has 0 unspecified atom stereocenters. The normalized spacial score (nSPS) is 13.7. The SMILES string of the molecule is CCn1c(-c2cc3c(n(CC)c2=O)CCC3)n[nH]c1=S. The molecule has 2 aromatic rings. The third-order valence-electron chi connectivity index (χ3n) is 3.98. The lowest BCUT2D eigenvalue weighted by molar-refractivity contribution is 0.680. The van der Waals surface area contributed by atoms with Crippen molar-refractivity contribution in [3.8, 4) is 11.4 Å². The van der Waals surface area contributed by atoms with Crippen LogP contribution in [-0.4, -0.2) is 19.3 Å². The molecule has 0 saturated heterocycles. The zero-order valence-electron chi connectivity index (χ0n) is 11.8. The van der Waals surface area contributed by atoms with Crippen LogP contribution in [0.2, 0.25) is 0 Å². The molecule has 1 aliphatic carbocycles. The molecule has 1 N–H and O–H groups in total. The van der Waals surface area contributed by atoms with Crippen LogP contribution in [0.15, 0.2) is 10.9 Å². The summed E-state index contributed by atoms with van der Waals surface area (Å²) in [5, 5.41) is 7.04. The molecule has 0 aromatic carbocycles. The van der Waals surface area contributed by atoms with E-state index in [1.165, 1.54) is 11.3 Å². The Balaban J connectivity index is 2.30. The number of nitrogens with one attached hydrogen (secondary N) is 1. The van der Waals surface area contributed by atoms with Gasteiger partial charge in [0.15, 0.2) is 10.6 Å². The van der Waals surface area contributed by atoms with Gasteiger partial charge < -0.3 is 9.13 Å². The van der Waals surface area contributed by atoms with E-state index in [0.717, 1.165) is 19.3 Å². The molecule has 0 radical (unpaired) electrons. The molecule has 0 spiro atoms. The second-order valence-electron chi connectivity index (χ2n) is 5.03. The molecular weight excluding hydrogens is 272 g/mol. The summed E-state index contributed by atoms with van der Waals surface area (Å²) in [6.45, 7) is 5.42. The Labute approximate surface area is 122 Å². The fourth-order valence-electron chi connectivity index (χ4n) is 3.03. The lowest BCUT2D eigenvalue weighted by atomic mass is 10.1. The maximum atomic E-state index is 12.7. The third-order valence-corrected chi connectivity index (χ3v) is 4.29. The lowest BCUT2D eigenvalue weighted by Crippen LogP contribution is -2.25. The monoisotopic (exact) mass is 290 g/mol. The summed E-state index contributed by atoms with van der Waals surface area (Å²) in [5.41, 5.74) is 3.16. The van der Waals surface area contributed by atoms with E-state index in [2.05, 4.69) is 10.2 Å². The molecule has 0 atom stereocenters. The molecule has 0 saturated carbocycles. The molecule has 1 aliphatic rings. The van der Waals surface area contributed by atoms with Crippen LogP contribution in [0.3, 0.4) is 0 Å². The number of pyridine rings is 1. The fraction of sp³-hybridized carbons (Fsp3) is 0.500. The first kappa shape index (κ1) is 13.3. The van der Waals surface area contributed by atoms with Crippen LogP contribution in [0.5, 0.6) is 0 Å². The fourth-order valence-corrected chi connectivity index (χ4v) is 3.29. The first-order valence-electron chi connectivity index (χ1n) is 7.08. The Bertz CT molecular complexity index is 768. The summed E-state index contributed by atoms with van der Waals surface area (Å²) in [6, 6.07) is 2.01. The van der Waals surface area contributed by atoms with Gasteiger partial charge in [-0.2, -0.15) is 5.10 Å². The van der Waals surface area contributed by atoms with Gasteiger partial charge in [0.05, 0.1) is 5.56 Å². The summed E-state index contributed by atoms with van der Waals surface area (Å²) in [6.07, 6.45) is 3.16. The number of hydrogen-bond donors (Lipinski definition) is 1. The Hall–Kier alpha value is -1.69. The van der Waals surface area contributed by atoms with Crippen molar-refractivity contribution in [3.05, 3.63) is 32.4 Å². The van der Waals surface area contributed by atoms with E-state index in [0.29, 0.717) is 29.2 Å². The molecule has 0 amide bonds. The first-order chi connectivity index (χ1) is 9.67. The van der Waals surface area contributed by atoms with Crippen LogP contribution in [0, 0.1) is 4.77 Å². The number of aromatic amines is 1. The first-order valence-corrected chi connectivity index (χ1v) is 7.49. The van der Waals surface area contributed by atoms with Crippen molar-refractivity contribution in [1.29, 1.82) is 0 Å². The van der Waals surface area contributed by atoms with Crippen LogP contribution in [0.1, 0.15) is 31.5 Å². The molecule has 0 aliphatic heterocycles. The average Bonchev–Trinajstić information content (AvgIpc) is 3.04. The number of aromatic nitrogens is 4. The highest BCUT2D eigenvalue weighted by atomic mass is 32.1. The van der Waals surface area contributed by atoms with Gasteiger partial charge in [0.2, 0.25) is 0 Å². The lowest BCUT2D eigenvalue weighted by Gasteiger charge is -2.12. The highest BCUT2D eigenvalue weighted by Gasteiger charge is 2.21. The minimum Gasteiger partial charge on any atom is -0.312 e. The highest BCUT2D eigenvalue weighted by molar-refractivity contribution is 7.71. The van der Waals surface area contributed by atoms with Crippen LogP contribution < -0.4 is 5.56 Å². The zero-order chi connectivity index (χ0) is 14.3. The maximum absolute atomic E-state index is 12.7. The largest absolute Gasteiger partial charge is 0.312 e. The molecule has 106 valence electrons. The summed E-state index contributed by atoms with van der Waals surface area (Å²) < 4.78 is 4.31. The molecule has 0 fully saturated rings. The van der Waals surface area contributed by atoms with E-state index < -0.39 is 0 Å². The molecule has 2 aromatic heterocycles. The van der Waals surface area contributed by atoms with Gasteiger partial charge in [-0.05, 0) is 57.0 Å². The van der Waals surface area contributed by atoms with Crippen LogP contribution in [0.4, 0.5) is 0 Å². The smallest absolute Gasteiger partial charge is 0.261 e. The van der Waals surface area contributed by atoms with E-state index in [1.807, 2.05) is 29.0 Å². The number of hydrogen-bond acceptors (Lipinski definition) is 3. The van der Waals surface area contributed by atoms with E-state index in [4.69, 9.17) is 12.2 Å². The summed E-state index contributed by atoms with van der Waals surface area (Å²) in [5.74, 6) is 0.652. The zero-order valence-corrected chi connectivity index (χ0v) is 12.6. The maximum Gasteiger partial charge on any atom is 0.261 e. The minimum atomic E-state index is 0.0388. The second kappa shape index (κ2) is 5.01. The van der Waals surface area contributed by atoms with Gasteiger partial charge in [-0.1, -0.05) is 0 Å². The number of aryl methyl sites for hydroxylation is 1. The molecule has 6 heteroatoms. The van der Waals surface area contributed by atoms with Gasteiger partial charge in [-0.15, -0.1) is 0 Å². The predicted molar refractivity (Wildman–Crippen MR) is 80.5 cm³/mol. The molecular formula is C14H18N4OS. The Morgan fingerprint density at radius 3 is 2.75 bits per heavy atom. The Morgan fingerprint density at radius 2 is 2.05 bits per heavy atom. The molecule has 2 heterocycles. The molecule has 0 bridgehead atoms. The molecule has 5 nitrogen and oxygen atoms in total. The average molecular weight is 290 g/mol. The minimum absolute atomic E-state index is 0.0388. The second-order valence-corrected chi connectivity index (χ2v) is 5.42. The van der Waals surface area contributed by atoms with Gasteiger partial charge in [-0.25, -0.2) is 0 Å². The van der Waals surface area contributed by atoms with Crippen molar-refractivity contribution in [2.75, 3.05) is 0 Å². The summed E-state index contributed by atoms with van der Waals surface area (Å²) in [7, 11) is 0. The van der Waals surface area contributed by atoms with E-state index >= 15 is 0 Å². The van der Waals surface area contributed by atoms with Gasteiger partial charge in [0, 0.05) is 18.8 Å². The van der Waals surface area contributed by atoms with Gasteiger partial charge in [-0.3, -0.25) is 9.89 Å². The van der Waals surface area contributed by atoms with E-state index in [1.54, 1.807) is 0 Å². The van der Waals surface area contributed by atoms with Gasteiger partial charge >= 0.3 is 0 Å². The molecule has 3 rings (SSSR count). The number of rotatable bonds is 3. The van der Waals surface area contributed by atoms with Crippen molar-refractivity contribution in [2.24, 2.45) is 0 Å². The van der Waals surface area contributed by atoms with E-state index in [-0.39, 0.29) is 5.56 Å². The van der Waals surface area contributed by atoms with Crippen molar-refractivity contribution < 1.29 is 0 Å². The third kappa shape index (κ3) is 1.86. The number of H-pyrrole nitrogens is 1. The van der Waals surface area contributed by atoms with Crippen LogP contribution in [0.25, 0.3) is 11.4 Å². The molecule has 20 heavy (non-hydrogen) atoms. The standard InChI is InChI=1S/C14H18N4OS/c1-3-17-11-7-5-6-9(11)8-10(13(17)19)12-15-16-14(20)18(12)4-2/h8H,3-7H2,1-2H3,(H,16,20). The predicted octanol–water partition coefficient (Wildman–Crippen LogP) is 2.30. The van der Waals surface area contributed by atoms with Crippen molar-refractivity contribution >= 4 is 12.2 Å². The van der Waals surface area contributed by atoms with Gasteiger partial charge in [0.1, 0.15) is 0 Å². The quantitative estimate of drug-likeness (QED) is 0.883. The van der Waals surface area contributed by atoms with Crippen molar-refractivity contribution in [3.63, 3.8) is 0 Å². The highest BCUT2D eigenvalue weighted by Crippen LogP contribution is 2.24. The Kier molecular flexibility index (Phi) is 3.33. The Morgan fingerprint density at radius 1 is 1.30 bits per heavy atom. The van der Waals surface area contributed by atoms with Gasteiger partial charge in [0.25, 0.3) is 5.56 Å². The summed E-state index contributed by atoms with van der Waals surface area (Å²) in [4.78, 5) is 12.7. The van der Waals surface area contributed by atoms with Crippen LogP contribution >= 0.6 is 12.2 Å². The summed E-state index contributed by atoms with van der Waals surface area (Å²) >= 11 is 5.21. The number of fused-ring (bicyclic) bond motifs is 1. The van der Waals surface area contributed by atoms with Crippen molar-refractivity contribution in [1.82, 2.24) is 19.3 Å². The van der Waals surface area contributed by atoms with E-state index in [9.17, 15) is 4.79 Å². The van der Waals surface area contributed by atoms with Crippen LogP contribution in [-0.2, 0) is 25.9 Å².